The SMILES string of the molecule is Cc1cc(C)nc(CCNC(=O)c2cccc(-c3c(C)[nH]c(=O)[nH]c3=O)c2)n1. The first-order chi connectivity index (χ1) is 13.3. The molecule has 1 aromatic carbocycles. The zero-order chi connectivity index (χ0) is 20.3. The van der Waals surface area contributed by atoms with Crippen LogP contribution in [0.2, 0.25) is 0 Å². The highest BCUT2D eigenvalue weighted by Gasteiger charge is 2.12. The molecule has 144 valence electrons. The van der Waals surface area contributed by atoms with Gasteiger partial charge in [-0.25, -0.2) is 14.8 Å². The number of amides is 1. The van der Waals surface area contributed by atoms with E-state index in [9.17, 15) is 14.4 Å². The minimum absolute atomic E-state index is 0.260. The summed E-state index contributed by atoms with van der Waals surface area (Å²) in [6, 6.07) is 8.60. The number of carbonyl (C=O) groups is 1. The number of carbonyl (C=O) groups excluding carboxylic acids is 1. The fraction of sp³-hybridized carbons (Fsp3) is 0.250. The smallest absolute Gasteiger partial charge is 0.325 e. The lowest BCUT2D eigenvalue weighted by molar-refractivity contribution is 0.0954. The molecule has 0 saturated carbocycles. The predicted octanol–water partition coefficient (Wildman–Crippen LogP) is 1.42. The molecule has 0 aliphatic rings. The van der Waals surface area contributed by atoms with Gasteiger partial charge in [0.1, 0.15) is 5.82 Å². The second-order valence-electron chi connectivity index (χ2n) is 6.56. The van der Waals surface area contributed by atoms with Crippen molar-refractivity contribution in [2.24, 2.45) is 0 Å². The minimum Gasteiger partial charge on any atom is -0.352 e. The summed E-state index contributed by atoms with van der Waals surface area (Å²) >= 11 is 0. The Labute approximate surface area is 161 Å². The van der Waals surface area contributed by atoms with E-state index in [0.717, 1.165) is 11.4 Å². The quantitative estimate of drug-likeness (QED) is 0.619. The normalized spacial score (nSPS) is 10.7. The van der Waals surface area contributed by atoms with Crippen LogP contribution >= 0.6 is 0 Å². The van der Waals surface area contributed by atoms with Crippen molar-refractivity contribution in [2.45, 2.75) is 27.2 Å². The number of aryl methyl sites for hydroxylation is 3. The molecule has 8 nitrogen and oxygen atoms in total. The maximum atomic E-state index is 12.5. The van der Waals surface area contributed by atoms with Crippen LogP contribution in [0.1, 0.15) is 33.3 Å². The van der Waals surface area contributed by atoms with Crippen LogP contribution in [0.4, 0.5) is 0 Å². The summed E-state index contributed by atoms with van der Waals surface area (Å²) in [7, 11) is 0. The molecule has 3 rings (SSSR count). The number of nitrogens with zero attached hydrogens (tertiary/aromatic N) is 2. The molecule has 28 heavy (non-hydrogen) atoms. The van der Waals surface area contributed by atoms with Crippen LogP contribution in [-0.2, 0) is 6.42 Å². The highest BCUT2D eigenvalue weighted by atomic mass is 16.2. The number of hydrogen-bond donors (Lipinski definition) is 3. The van der Waals surface area contributed by atoms with Gasteiger partial charge >= 0.3 is 5.69 Å². The lowest BCUT2D eigenvalue weighted by Crippen LogP contribution is -2.27. The van der Waals surface area contributed by atoms with Gasteiger partial charge in [-0.3, -0.25) is 14.6 Å². The minimum atomic E-state index is -0.561. The predicted molar refractivity (Wildman–Crippen MR) is 105 cm³/mol. The number of nitrogens with one attached hydrogen (secondary N) is 3. The Bertz CT molecular complexity index is 1130. The van der Waals surface area contributed by atoms with E-state index in [0.29, 0.717) is 41.2 Å². The summed E-state index contributed by atoms with van der Waals surface area (Å²) < 4.78 is 0. The fourth-order valence-corrected chi connectivity index (χ4v) is 3.06. The standard InChI is InChI=1S/C20H21N5O3/c1-11-9-12(2)23-16(22-11)7-8-21-18(26)15-6-4-5-14(10-15)17-13(3)24-20(28)25-19(17)27/h4-6,9-10H,7-8H2,1-3H3,(H,21,26)(H2,24,25,27,28). The molecule has 0 atom stereocenters. The Morgan fingerprint density at radius 1 is 1.04 bits per heavy atom. The van der Waals surface area contributed by atoms with Crippen molar-refractivity contribution in [1.82, 2.24) is 25.3 Å². The van der Waals surface area contributed by atoms with Gasteiger partial charge in [0.05, 0.1) is 5.56 Å². The number of aromatic amines is 2. The molecule has 2 heterocycles. The van der Waals surface area contributed by atoms with E-state index in [1.54, 1.807) is 31.2 Å². The van der Waals surface area contributed by atoms with Crippen molar-refractivity contribution in [3.8, 4) is 11.1 Å². The van der Waals surface area contributed by atoms with Gasteiger partial charge in [-0.1, -0.05) is 12.1 Å². The van der Waals surface area contributed by atoms with Crippen molar-refractivity contribution in [1.29, 1.82) is 0 Å². The molecule has 0 radical (unpaired) electrons. The van der Waals surface area contributed by atoms with Crippen LogP contribution in [0.25, 0.3) is 11.1 Å². The number of H-pyrrole nitrogens is 2. The number of aromatic nitrogens is 4. The van der Waals surface area contributed by atoms with Gasteiger partial charge in [-0.2, -0.15) is 0 Å². The van der Waals surface area contributed by atoms with Gasteiger partial charge in [0.25, 0.3) is 11.5 Å². The van der Waals surface area contributed by atoms with Crippen LogP contribution in [0, 0.1) is 20.8 Å². The molecular weight excluding hydrogens is 358 g/mol. The third kappa shape index (κ3) is 4.40. The summed E-state index contributed by atoms with van der Waals surface area (Å²) in [5, 5.41) is 2.84. The zero-order valence-corrected chi connectivity index (χ0v) is 15.9. The number of benzene rings is 1. The number of rotatable bonds is 5. The highest BCUT2D eigenvalue weighted by molar-refractivity contribution is 5.95. The van der Waals surface area contributed by atoms with Gasteiger partial charge in [0.15, 0.2) is 0 Å². The van der Waals surface area contributed by atoms with Crippen LogP contribution < -0.4 is 16.6 Å². The molecule has 0 aliphatic carbocycles. The first-order valence-corrected chi connectivity index (χ1v) is 8.86. The Kier molecular flexibility index (Phi) is 5.49. The third-order valence-electron chi connectivity index (χ3n) is 4.21. The van der Waals surface area contributed by atoms with E-state index in [-0.39, 0.29) is 5.91 Å². The maximum Gasteiger partial charge on any atom is 0.325 e. The molecule has 3 aromatic rings. The molecule has 2 aromatic heterocycles. The van der Waals surface area contributed by atoms with Gasteiger partial charge < -0.3 is 10.3 Å². The molecular formula is C20H21N5O3. The lowest BCUT2D eigenvalue weighted by atomic mass is 10.0. The van der Waals surface area contributed by atoms with Crippen molar-refractivity contribution < 1.29 is 4.79 Å². The van der Waals surface area contributed by atoms with Gasteiger partial charge in [0.2, 0.25) is 0 Å². The molecule has 8 heteroatoms. The molecule has 1 amide bonds. The summed E-state index contributed by atoms with van der Waals surface area (Å²) in [6.07, 6.45) is 0.520. The average Bonchev–Trinajstić information content (AvgIpc) is 2.60. The highest BCUT2D eigenvalue weighted by Crippen LogP contribution is 2.18. The average molecular weight is 379 g/mol. The van der Waals surface area contributed by atoms with Gasteiger partial charge in [0, 0.05) is 35.6 Å². The molecule has 0 aliphatic heterocycles. The second-order valence-corrected chi connectivity index (χ2v) is 6.56. The summed E-state index contributed by atoms with van der Waals surface area (Å²) in [5.74, 6) is 0.423. The van der Waals surface area contributed by atoms with Crippen molar-refractivity contribution in [2.75, 3.05) is 6.54 Å². The molecule has 0 unspecified atom stereocenters. The Morgan fingerprint density at radius 3 is 2.43 bits per heavy atom. The first kappa shape index (κ1) is 19.2. The van der Waals surface area contributed by atoms with Crippen molar-refractivity contribution in [3.05, 3.63) is 79.6 Å². The topological polar surface area (TPSA) is 121 Å². The van der Waals surface area contributed by atoms with Crippen molar-refractivity contribution >= 4 is 5.91 Å². The second kappa shape index (κ2) is 7.99. The third-order valence-corrected chi connectivity index (χ3v) is 4.21. The zero-order valence-electron chi connectivity index (χ0n) is 15.9. The van der Waals surface area contributed by atoms with E-state index >= 15 is 0 Å². The van der Waals surface area contributed by atoms with Crippen LogP contribution in [0.5, 0.6) is 0 Å². The van der Waals surface area contributed by atoms with Gasteiger partial charge in [-0.05, 0) is 44.5 Å². The molecule has 0 fully saturated rings. The van der Waals surface area contributed by atoms with E-state index in [2.05, 4.69) is 25.3 Å². The van der Waals surface area contributed by atoms with E-state index in [1.165, 1.54) is 0 Å². The lowest BCUT2D eigenvalue weighted by Gasteiger charge is -2.08. The molecule has 0 bridgehead atoms. The Hall–Kier alpha value is -3.55. The Morgan fingerprint density at radius 2 is 1.75 bits per heavy atom. The van der Waals surface area contributed by atoms with E-state index < -0.39 is 11.2 Å². The maximum absolute atomic E-state index is 12.5. The summed E-state index contributed by atoms with van der Waals surface area (Å²) in [4.78, 5) is 49.5. The van der Waals surface area contributed by atoms with Crippen LogP contribution in [-0.4, -0.2) is 32.4 Å². The first-order valence-electron chi connectivity index (χ1n) is 8.86. The van der Waals surface area contributed by atoms with Crippen molar-refractivity contribution in [3.63, 3.8) is 0 Å². The summed E-state index contributed by atoms with van der Waals surface area (Å²) in [6.45, 7) is 5.85. The fourth-order valence-electron chi connectivity index (χ4n) is 3.06. The van der Waals surface area contributed by atoms with Gasteiger partial charge in [-0.15, -0.1) is 0 Å². The largest absolute Gasteiger partial charge is 0.352 e. The van der Waals surface area contributed by atoms with Crippen LogP contribution in [0.15, 0.2) is 39.9 Å². The molecule has 0 spiro atoms. The Balaban J connectivity index is 1.74. The number of hydrogen-bond acceptors (Lipinski definition) is 5. The molecule has 3 N–H and O–H groups in total. The monoisotopic (exact) mass is 379 g/mol. The van der Waals surface area contributed by atoms with E-state index in [4.69, 9.17) is 0 Å². The van der Waals surface area contributed by atoms with E-state index in [1.807, 2.05) is 19.9 Å². The summed E-state index contributed by atoms with van der Waals surface area (Å²) in [5.41, 5.74) is 2.48. The molecule has 0 saturated heterocycles. The van der Waals surface area contributed by atoms with Crippen LogP contribution in [0.3, 0.4) is 0 Å².